The van der Waals surface area contributed by atoms with E-state index in [1.165, 1.54) is 32.6 Å². The molecule has 0 bridgehead atoms. The standard InChI is InChI=1S/C57H39N5/c1-6-20-38(21-7-1)46-34-42(57-59-55(40-24-10-3-11-25-40)58-56(60-57)41-26-12-4-13-27-41)35-47(39-22-8-2-9-23-39)54(46)62-51-33-19-17-31-45(51)49-36-48-44-30-16-18-32-50(44)61(52(48)37-53(49)62)43-28-14-5-15-29-43/h1,3-8,10-37H,2,9H2. The summed E-state index contributed by atoms with van der Waals surface area (Å²) in [5.41, 5.74) is 14.2. The van der Waals surface area contributed by atoms with E-state index in [1.54, 1.807) is 0 Å². The van der Waals surface area contributed by atoms with Crippen LogP contribution in [0.25, 0.3) is 106 Å². The molecule has 0 saturated heterocycles. The molecule has 11 aromatic rings. The van der Waals surface area contributed by atoms with Crippen LogP contribution in [0.5, 0.6) is 0 Å². The summed E-state index contributed by atoms with van der Waals surface area (Å²) in [6, 6.07) is 69.0. The fourth-order valence-corrected chi connectivity index (χ4v) is 9.34. The number of rotatable bonds is 7. The molecule has 3 heterocycles. The summed E-state index contributed by atoms with van der Waals surface area (Å²) in [5, 5.41) is 4.89. The van der Waals surface area contributed by atoms with Gasteiger partial charge in [0, 0.05) is 55.0 Å². The molecular weight excluding hydrogens is 755 g/mol. The van der Waals surface area contributed by atoms with Crippen molar-refractivity contribution in [1.29, 1.82) is 0 Å². The predicted molar refractivity (Wildman–Crippen MR) is 257 cm³/mol. The highest BCUT2D eigenvalue weighted by molar-refractivity contribution is 6.19. The molecule has 0 fully saturated rings. The second-order valence-corrected chi connectivity index (χ2v) is 15.9. The average Bonchev–Trinajstić information content (AvgIpc) is 3.85. The largest absolute Gasteiger partial charge is 0.309 e. The van der Waals surface area contributed by atoms with E-state index in [-0.39, 0.29) is 0 Å². The summed E-state index contributed by atoms with van der Waals surface area (Å²) in [6.45, 7) is 0. The van der Waals surface area contributed by atoms with E-state index < -0.39 is 0 Å². The molecule has 0 saturated carbocycles. The van der Waals surface area contributed by atoms with Crippen LogP contribution in [-0.2, 0) is 0 Å². The summed E-state index contributed by atoms with van der Waals surface area (Å²) in [6.07, 6.45) is 8.94. The van der Waals surface area contributed by atoms with Crippen LogP contribution in [0.4, 0.5) is 0 Å². The number of hydrogen-bond acceptors (Lipinski definition) is 3. The first kappa shape index (κ1) is 35.8. The fourth-order valence-electron chi connectivity index (χ4n) is 9.34. The number of aromatic nitrogens is 5. The molecule has 0 amide bonds. The second kappa shape index (κ2) is 14.8. The maximum atomic E-state index is 5.24. The monoisotopic (exact) mass is 793 g/mol. The number of nitrogens with zero attached hydrogens (tertiary/aromatic N) is 5. The lowest BCUT2D eigenvalue weighted by atomic mass is 9.90. The quantitative estimate of drug-likeness (QED) is 0.161. The lowest BCUT2D eigenvalue weighted by Gasteiger charge is -2.22. The molecule has 0 atom stereocenters. The van der Waals surface area contributed by atoms with Crippen molar-refractivity contribution >= 4 is 49.2 Å². The summed E-state index contributed by atoms with van der Waals surface area (Å²) in [7, 11) is 0. The van der Waals surface area contributed by atoms with Crippen LogP contribution in [0.3, 0.4) is 0 Å². The maximum Gasteiger partial charge on any atom is 0.164 e. The molecule has 12 rings (SSSR count). The van der Waals surface area contributed by atoms with Gasteiger partial charge in [-0.3, -0.25) is 0 Å². The van der Waals surface area contributed by atoms with Gasteiger partial charge in [-0.1, -0.05) is 164 Å². The lowest BCUT2D eigenvalue weighted by molar-refractivity contribution is 1.04. The number of fused-ring (bicyclic) bond motifs is 6. The van der Waals surface area contributed by atoms with Crippen LogP contribution in [0, 0.1) is 0 Å². The van der Waals surface area contributed by atoms with E-state index in [2.05, 4.69) is 185 Å². The van der Waals surface area contributed by atoms with Gasteiger partial charge in [-0.25, -0.2) is 15.0 Å². The van der Waals surface area contributed by atoms with Gasteiger partial charge in [0.2, 0.25) is 0 Å². The van der Waals surface area contributed by atoms with Gasteiger partial charge in [-0.05, 0) is 72.5 Å². The number of hydrogen-bond donors (Lipinski definition) is 0. The second-order valence-electron chi connectivity index (χ2n) is 15.9. The molecule has 0 spiro atoms. The highest BCUT2D eigenvalue weighted by Gasteiger charge is 2.25. The molecule has 0 N–H and O–H groups in total. The van der Waals surface area contributed by atoms with Crippen molar-refractivity contribution in [2.24, 2.45) is 0 Å². The molecule has 0 radical (unpaired) electrons. The molecule has 0 aliphatic heterocycles. The van der Waals surface area contributed by atoms with Crippen molar-refractivity contribution in [3.8, 4) is 56.7 Å². The van der Waals surface area contributed by atoms with E-state index in [0.29, 0.717) is 17.5 Å². The van der Waals surface area contributed by atoms with Gasteiger partial charge in [-0.15, -0.1) is 0 Å². The summed E-state index contributed by atoms with van der Waals surface area (Å²) in [4.78, 5) is 15.5. The van der Waals surface area contributed by atoms with Crippen molar-refractivity contribution in [2.45, 2.75) is 12.8 Å². The van der Waals surface area contributed by atoms with Crippen LogP contribution in [0.2, 0.25) is 0 Å². The Morgan fingerprint density at radius 3 is 1.42 bits per heavy atom. The number of para-hydroxylation sites is 3. The Hall–Kier alpha value is -8.15. The van der Waals surface area contributed by atoms with Gasteiger partial charge in [0.05, 0.1) is 27.8 Å². The zero-order valence-electron chi connectivity index (χ0n) is 33.9. The maximum absolute atomic E-state index is 5.24. The first-order chi connectivity index (χ1) is 30.8. The van der Waals surface area contributed by atoms with E-state index in [0.717, 1.165) is 74.1 Å². The summed E-state index contributed by atoms with van der Waals surface area (Å²) >= 11 is 0. The molecule has 5 heteroatoms. The minimum atomic E-state index is 0.624. The highest BCUT2D eigenvalue weighted by atomic mass is 15.0. The van der Waals surface area contributed by atoms with Crippen molar-refractivity contribution in [3.63, 3.8) is 0 Å². The third kappa shape index (κ3) is 5.97. The van der Waals surface area contributed by atoms with Crippen LogP contribution in [0.1, 0.15) is 18.4 Å². The van der Waals surface area contributed by atoms with Gasteiger partial charge >= 0.3 is 0 Å². The van der Waals surface area contributed by atoms with Crippen molar-refractivity contribution < 1.29 is 0 Å². The summed E-state index contributed by atoms with van der Waals surface area (Å²) < 4.78 is 4.93. The van der Waals surface area contributed by atoms with Gasteiger partial charge in [0.1, 0.15) is 0 Å². The molecule has 3 aromatic heterocycles. The van der Waals surface area contributed by atoms with Gasteiger partial charge in [0.15, 0.2) is 17.5 Å². The van der Waals surface area contributed by atoms with Crippen LogP contribution < -0.4 is 0 Å². The molecule has 5 nitrogen and oxygen atoms in total. The predicted octanol–water partition coefficient (Wildman–Crippen LogP) is 14.5. The summed E-state index contributed by atoms with van der Waals surface area (Å²) in [5.74, 6) is 1.90. The average molecular weight is 794 g/mol. The first-order valence-corrected chi connectivity index (χ1v) is 21.3. The SMILES string of the molecule is C1=CC(c2cc(-c3nc(-c4ccccc4)nc(-c4ccccc4)n3)cc(-c3ccccc3)c2-n2c3ccccc3c3cc4c5ccccc5n(-c5ccccc5)c4cc32)=CCC1. The third-order valence-electron chi connectivity index (χ3n) is 12.2. The van der Waals surface area contributed by atoms with Crippen molar-refractivity contribution in [2.75, 3.05) is 0 Å². The molecule has 62 heavy (non-hydrogen) atoms. The van der Waals surface area contributed by atoms with Crippen molar-refractivity contribution in [3.05, 3.63) is 218 Å². The third-order valence-corrected chi connectivity index (χ3v) is 12.2. The molecular formula is C57H39N5. The van der Waals surface area contributed by atoms with Gasteiger partial charge in [0.25, 0.3) is 0 Å². The Morgan fingerprint density at radius 1 is 0.355 bits per heavy atom. The van der Waals surface area contributed by atoms with Gasteiger partial charge < -0.3 is 9.13 Å². The minimum absolute atomic E-state index is 0.624. The van der Waals surface area contributed by atoms with Crippen LogP contribution >= 0.6 is 0 Å². The molecule has 1 aliphatic rings. The lowest BCUT2D eigenvalue weighted by Crippen LogP contribution is -2.06. The normalized spacial score (nSPS) is 12.7. The van der Waals surface area contributed by atoms with Gasteiger partial charge in [-0.2, -0.15) is 0 Å². The van der Waals surface area contributed by atoms with Crippen LogP contribution in [0.15, 0.2) is 212 Å². The molecule has 1 aliphatic carbocycles. The minimum Gasteiger partial charge on any atom is -0.309 e. The Bertz CT molecular complexity index is 3490. The zero-order valence-corrected chi connectivity index (χ0v) is 33.9. The number of benzene rings is 8. The topological polar surface area (TPSA) is 48.5 Å². The molecule has 292 valence electrons. The van der Waals surface area contributed by atoms with E-state index >= 15 is 0 Å². The number of allylic oxidation sites excluding steroid dienone is 4. The Balaban J connectivity index is 1.21. The smallest absolute Gasteiger partial charge is 0.164 e. The Kier molecular flexibility index (Phi) is 8.56. The highest BCUT2D eigenvalue weighted by Crippen LogP contribution is 2.45. The van der Waals surface area contributed by atoms with Crippen molar-refractivity contribution in [1.82, 2.24) is 24.1 Å². The first-order valence-electron chi connectivity index (χ1n) is 21.3. The Labute approximate surface area is 359 Å². The van der Waals surface area contributed by atoms with E-state index in [4.69, 9.17) is 15.0 Å². The van der Waals surface area contributed by atoms with E-state index in [9.17, 15) is 0 Å². The fraction of sp³-hybridized carbons (Fsp3) is 0.0351. The van der Waals surface area contributed by atoms with Crippen LogP contribution in [-0.4, -0.2) is 24.1 Å². The van der Waals surface area contributed by atoms with E-state index in [1.807, 2.05) is 36.4 Å². The zero-order chi connectivity index (χ0) is 41.0. The molecule has 0 unspecified atom stereocenters. The Morgan fingerprint density at radius 2 is 0.839 bits per heavy atom. The molecule has 8 aromatic carbocycles.